The molecule has 0 aromatic heterocycles. The van der Waals surface area contributed by atoms with Crippen molar-refractivity contribution in [3.8, 4) is 11.5 Å². The van der Waals surface area contributed by atoms with Crippen LogP contribution in [-0.2, 0) is 0 Å². The maximum atomic E-state index is 10.9. The van der Waals surface area contributed by atoms with Crippen molar-refractivity contribution in [2.45, 2.75) is 13.8 Å². The minimum Gasteiger partial charge on any atom is -0.478 e. The van der Waals surface area contributed by atoms with E-state index in [0.717, 1.165) is 11.1 Å². The van der Waals surface area contributed by atoms with Crippen molar-refractivity contribution in [2.24, 2.45) is 0 Å². The number of aryl methyl sites for hydroxylation is 2. The first-order valence-corrected chi connectivity index (χ1v) is 6.61. The van der Waals surface area contributed by atoms with E-state index >= 15 is 0 Å². The van der Waals surface area contributed by atoms with Crippen molar-refractivity contribution in [1.29, 1.82) is 0 Å². The van der Waals surface area contributed by atoms with Crippen molar-refractivity contribution in [1.82, 2.24) is 0 Å². The first-order chi connectivity index (χ1) is 9.38. The van der Waals surface area contributed by atoms with E-state index in [9.17, 15) is 4.79 Å². The molecule has 20 heavy (non-hydrogen) atoms. The van der Waals surface area contributed by atoms with Gasteiger partial charge in [0.1, 0.15) is 11.5 Å². The van der Waals surface area contributed by atoms with Crippen molar-refractivity contribution >= 4 is 29.2 Å². The minimum absolute atomic E-state index is 0.118. The number of ether oxygens (including phenoxy) is 1. The van der Waals surface area contributed by atoms with Crippen LogP contribution in [0.4, 0.5) is 0 Å². The SMILES string of the molecule is Cc1cc(Cl)cc(C)c1Oc1ccc(C(=O)O)cc1Cl. The molecule has 0 heterocycles. The van der Waals surface area contributed by atoms with E-state index in [1.165, 1.54) is 12.1 Å². The first kappa shape index (κ1) is 14.7. The Bertz CT molecular complexity index is 658. The second-order valence-corrected chi connectivity index (χ2v) is 5.26. The minimum atomic E-state index is -1.03. The van der Waals surface area contributed by atoms with Gasteiger partial charge in [0, 0.05) is 5.02 Å². The van der Waals surface area contributed by atoms with Gasteiger partial charge in [0.05, 0.1) is 10.6 Å². The number of carbonyl (C=O) groups is 1. The summed E-state index contributed by atoms with van der Waals surface area (Å²) in [6.45, 7) is 3.77. The zero-order valence-corrected chi connectivity index (χ0v) is 12.4. The second kappa shape index (κ2) is 5.73. The molecule has 0 radical (unpaired) electrons. The average molecular weight is 311 g/mol. The quantitative estimate of drug-likeness (QED) is 0.857. The Morgan fingerprint density at radius 2 is 1.70 bits per heavy atom. The lowest BCUT2D eigenvalue weighted by atomic mass is 10.1. The molecular formula is C15H12Cl2O3. The summed E-state index contributed by atoms with van der Waals surface area (Å²) in [6.07, 6.45) is 0. The Balaban J connectivity index is 2.38. The Morgan fingerprint density at radius 3 is 2.20 bits per heavy atom. The first-order valence-electron chi connectivity index (χ1n) is 5.86. The molecular weight excluding hydrogens is 299 g/mol. The van der Waals surface area contributed by atoms with Crippen LogP contribution >= 0.6 is 23.2 Å². The molecule has 2 rings (SSSR count). The Morgan fingerprint density at radius 1 is 1.10 bits per heavy atom. The van der Waals surface area contributed by atoms with Crippen molar-refractivity contribution in [2.75, 3.05) is 0 Å². The zero-order valence-electron chi connectivity index (χ0n) is 10.9. The maximum absolute atomic E-state index is 10.9. The molecule has 0 atom stereocenters. The van der Waals surface area contributed by atoms with E-state index in [1.54, 1.807) is 18.2 Å². The molecule has 0 aliphatic rings. The summed E-state index contributed by atoms with van der Waals surface area (Å²) < 4.78 is 5.78. The van der Waals surface area contributed by atoms with Crippen LogP contribution in [0.15, 0.2) is 30.3 Å². The van der Waals surface area contributed by atoms with Crippen LogP contribution in [-0.4, -0.2) is 11.1 Å². The number of benzene rings is 2. The largest absolute Gasteiger partial charge is 0.478 e. The van der Waals surface area contributed by atoms with Crippen molar-refractivity contribution in [3.63, 3.8) is 0 Å². The smallest absolute Gasteiger partial charge is 0.335 e. The maximum Gasteiger partial charge on any atom is 0.335 e. The van der Waals surface area contributed by atoms with Crippen LogP contribution in [0.1, 0.15) is 21.5 Å². The summed E-state index contributed by atoms with van der Waals surface area (Å²) in [4.78, 5) is 10.9. The number of carboxylic acid groups (broad SMARTS) is 1. The summed E-state index contributed by atoms with van der Waals surface area (Å²) in [7, 11) is 0. The van der Waals surface area contributed by atoms with Gasteiger partial charge >= 0.3 is 5.97 Å². The second-order valence-electron chi connectivity index (χ2n) is 4.42. The van der Waals surface area contributed by atoms with Crippen molar-refractivity contribution < 1.29 is 14.6 Å². The number of hydrogen-bond donors (Lipinski definition) is 1. The molecule has 0 spiro atoms. The van der Waals surface area contributed by atoms with Crippen LogP contribution in [0.25, 0.3) is 0 Å². The van der Waals surface area contributed by atoms with Gasteiger partial charge in [-0.15, -0.1) is 0 Å². The number of halogens is 2. The Labute approximate surface area is 126 Å². The molecule has 0 saturated carbocycles. The third-order valence-corrected chi connectivity index (χ3v) is 3.33. The highest BCUT2D eigenvalue weighted by Crippen LogP contribution is 2.35. The molecule has 0 amide bonds. The average Bonchev–Trinajstić information content (AvgIpc) is 2.34. The lowest BCUT2D eigenvalue weighted by Gasteiger charge is -2.13. The van der Waals surface area contributed by atoms with Gasteiger partial charge in [-0.3, -0.25) is 0 Å². The van der Waals surface area contributed by atoms with Gasteiger partial charge in [0.15, 0.2) is 0 Å². The number of hydrogen-bond acceptors (Lipinski definition) is 2. The lowest BCUT2D eigenvalue weighted by Crippen LogP contribution is -1.97. The van der Waals surface area contributed by atoms with Crippen LogP contribution in [0.3, 0.4) is 0 Å². The van der Waals surface area contributed by atoms with Crippen LogP contribution in [0.2, 0.25) is 10.0 Å². The monoisotopic (exact) mass is 310 g/mol. The van der Waals surface area contributed by atoms with Crippen LogP contribution in [0, 0.1) is 13.8 Å². The van der Waals surface area contributed by atoms with Gasteiger partial charge in [0.2, 0.25) is 0 Å². The summed E-state index contributed by atoms with van der Waals surface area (Å²) in [5, 5.41) is 9.78. The molecule has 2 aromatic rings. The molecule has 0 saturated heterocycles. The summed E-state index contributed by atoms with van der Waals surface area (Å²) in [5.74, 6) is 0.0434. The Hall–Kier alpha value is -1.71. The predicted molar refractivity (Wildman–Crippen MR) is 79.4 cm³/mol. The van der Waals surface area contributed by atoms with E-state index in [-0.39, 0.29) is 10.6 Å². The number of rotatable bonds is 3. The van der Waals surface area contributed by atoms with E-state index in [0.29, 0.717) is 16.5 Å². The van der Waals surface area contributed by atoms with Crippen LogP contribution < -0.4 is 4.74 Å². The van der Waals surface area contributed by atoms with Crippen LogP contribution in [0.5, 0.6) is 11.5 Å². The number of carboxylic acids is 1. The molecule has 104 valence electrons. The fourth-order valence-electron chi connectivity index (χ4n) is 1.89. The summed E-state index contributed by atoms with van der Waals surface area (Å²) in [6, 6.07) is 7.94. The molecule has 0 aliphatic heterocycles. The molecule has 1 N–H and O–H groups in total. The van der Waals surface area contributed by atoms with Gasteiger partial charge in [-0.2, -0.15) is 0 Å². The third-order valence-electron chi connectivity index (χ3n) is 2.82. The van der Waals surface area contributed by atoms with Gasteiger partial charge < -0.3 is 9.84 Å². The van der Waals surface area contributed by atoms with E-state index < -0.39 is 5.97 Å². The summed E-state index contributed by atoms with van der Waals surface area (Å²) in [5.41, 5.74) is 1.88. The fourth-order valence-corrected chi connectivity index (χ4v) is 2.43. The molecule has 0 unspecified atom stereocenters. The van der Waals surface area contributed by atoms with E-state index in [1.807, 2.05) is 13.8 Å². The molecule has 5 heteroatoms. The molecule has 0 bridgehead atoms. The zero-order chi connectivity index (χ0) is 14.9. The number of aromatic carboxylic acids is 1. The van der Waals surface area contributed by atoms with Gasteiger partial charge in [-0.1, -0.05) is 23.2 Å². The lowest BCUT2D eigenvalue weighted by molar-refractivity contribution is 0.0697. The molecule has 0 aliphatic carbocycles. The van der Waals surface area contributed by atoms with Crippen molar-refractivity contribution in [3.05, 3.63) is 57.1 Å². The normalized spacial score (nSPS) is 10.4. The summed E-state index contributed by atoms with van der Waals surface area (Å²) >= 11 is 12.0. The molecule has 3 nitrogen and oxygen atoms in total. The van der Waals surface area contributed by atoms with Gasteiger partial charge in [-0.25, -0.2) is 4.79 Å². The third kappa shape index (κ3) is 3.06. The fraction of sp³-hybridized carbons (Fsp3) is 0.133. The van der Waals surface area contributed by atoms with Gasteiger partial charge in [0.25, 0.3) is 0 Å². The standard InChI is InChI=1S/C15H12Cl2O3/c1-8-5-11(16)6-9(2)14(8)20-13-4-3-10(15(18)19)7-12(13)17/h3-7H,1-2H3,(H,18,19). The van der Waals surface area contributed by atoms with E-state index in [4.69, 9.17) is 33.0 Å². The topological polar surface area (TPSA) is 46.5 Å². The predicted octanol–water partition coefficient (Wildman–Crippen LogP) is 5.10. The molecule has 0 fully saturated rings. The highest BCUT2D eigenvalue weighted by atomic mass is 35.5. The molecule has 2 aromatic carbocycles. The Kier molecular flexibility index (Phi) is 4.21. The van der Waals surface area contributed by atoms with Gasteiger partial charge in [-0.05, 0) is 55.3 Å². The highest BCUT2D eigenvalue weighted by molar-refractivity contribution is 6.32. The highest BCUT2D eigenvalue weighted by Gasteiger charge is 2.12. The van der Waals surface area contributed by atoms with E-state index in [2.05, 4.69) is 0 Å².